The Hall–Kier alpha value is -1.62. The summed E-state index contributed by atoms with van der Waals surface area (Å²) in [6.45, 7) is 3.10. The number of hydrogen-bond acceptors (Lipinski definition) is 3. The highest BCUT2D eigenvalue weighted by Crippen LogP contribution is 2.22. The summed E-state index contributed by atoms with van der Waals surface area (Å²) in [5.41, 5.74) is 1.33. The van der Waals surface area contributed by atoms with E-state index in [0.29, 0.717) is 6.04 Å². The summed E-state index contributed by atoms with van der Waals surface area (Å²) in [7, 11) is 0. The van der Waals surface area contributed by atoms with Crippen LogP contribution in [-0.2, 0) is 13.1 Å². The lowest BCUT2D eigenvalue weighted by atomic mass is 10.2. The van der Waals surface area contributed by atoms with Crippen LogP contribution in [0.2, 0.25) is 0 Å². The summed E-state index contributed by atoms with van der Waals surface area (Å²) >= 11 is 0. The highest BCUT2D eigenvalue weighted by Gasteiger charge is 2.19. The molecule has 2 aromatic rings. The van der Waals surface area contributed by atoms with E-state index in [9.17, 15) is 0 Å². The topological polar surface area (TPSA) is 47.7 Å². The number of aryl methyl sites for hydroxylation is 2. The molecule has 0 aliphatic carbocycles. The van der Waals surface area contributed by atoms with Crippen molar-refractivity contribution in [1.29, 1.82) is 0 Å². The summed E-state index contributed by atoms with van der Waals surface area (Å²) < 4.78 is 4.25. The van der Waals surface area contributed by atoms with Crippen molar-refractivity contribution < 1.29 is 0 Å². The molecule has 0 aromatic carbocycles. The minimum absolute atomic E-state index is 0.497. The van der Waals surface area contributed by atoms with Crippen molar-refractivity contribution in [3.8, 4) is 0 Å². The highest BCUT2D eigenvalue weighted by molar-refractivity contribution is 5.07. The third-order valence-corrected chi connectivity index (χ3v) is 3.51. The van der Waals surface area contributed by atoms with E-state index >= 15 is 0 Å². The maximum absolute atomic E-state index is 4.28. The zero-order valence-corrected chi connectivity index (χ0v) is 10.5. The molecule has 1 aliphatic heterocycles. The Morgan fingerprint density at radius 3 is 3.17 bits per heavy atom. The molecule has 2 aromatic heterocycles. The van der Waals surface area contributed by atoms with Crippen molar-refractivity contribution in [3.63, 3.8) is 0 Å². The van der Waals surface area contributed by atoms with Gasteiger partial charge in [-0.1, -0.05) is 0 Å². The molecule has 0 amide bonds. The third kappa shape index (κ3) is 2.46. The van der Waals surface area contributed by atoms with Crippen LogP contribution in [0.4, 0.5) is 0 Å². The van der Waals surface area contributed by atoms with E-state index in [1.807, 2.05) is 35.7 Å². The molecular formula is C13H19N5. The molecule has 1 unspecified atom stereocenters. The van der Waals surface area contributed by atoms with Crippen molar-refractivity contribution in [3.05, 3.63) is 36.7 Å². The van der Waals surface area contributed by atoms with Crippen molar-refractivity contribution in [1.82, 2.24) is 24.6 Å². The molecule has 1 N–H and O–H groups in total. The maximum Gasteiger partial charge on any atom is 0.0948 e. The van der Waals surface area contributed by atoms with Gasteiger partial charge in [0, 0.05) is 37.7 Å². The standard InChI is InChI=1S/C13H19N5/c1-4-12(15-5-1)13-10-14-11-17(13)7-3-9-18-8-2-6-16-18/h2,6,8,10-12,15H,1,3-5,7,9H2. The smallest absolute Gasteiger partial charge is 0.0948 e. The molecule has 5 heteroatoms. The molecule has 1 aliphatic rings. The average molecular weight is 245 g/mol. The van der Waals surface area contributed by atoms with E-state index in [1.165, 1.54) is 18.5 Å². The van der Waals surface area contributed by atoms with Crippen LogP contribution in [0.3, 0.4) is 0 Å². The number of hydrogen-bond donors (Lipinski definition) is 1. The number of nitrogens with one attached hydrogen (secondary N) is 1. The first-order chi connectivity index (χ1) is 8.93. The van der Waals surface area contributed by atoms with Gasteiger partial charge >= 0.3 is 0 Å². The molecule has 0 spiro atoms. The zero-order chi connectivity index (χ0) is 12.2. The second kappa shape index (κ2) is 5.35. The first-order valence-electron chi connectivity index (χ1n) is 6.64. The Kier molecular flexibility index (Phi) is 3.41. The van der Waals surface area contributed by atoms with E-state index in [-0.39, 0.29) is 0 Å². The van der Waals surface area contributed by atoms with Crippen LogP contribution < -0.4 is 5.32 Å². The van der Waals surface area contributed by atoms with Gasteiger partial charge in [-0.05, 0) is 31.9 Å². The molecule has 3 heterocycles. The van der Waals surface area contributed by atoms with Crippen LogP contribution in [0.1, 0.15) is 31.0 Å². The van der Waals surface area contributed by atoms with Gasteiger partial charge in [-0.2, -0.15) is 5.10 Å². The second-order valence-electron chi connectivity index (χ2n) is 4.78. The fourth-order valence-corrected chi connectivity index (χ4v) is 2.58. The monoisotopic (exact) mass is 245 g/mol. The third-order valence-electron chi connectivity index (χ3n) is 3.51. The summed E-state index contributed by atoms with van der Waals surface area (Å²) in [4.78, 5) is 4.28. The molecule has 0 saturated carbocycles. The molecule has 1 saturated heterocycles. The van der Waals surface area contributed by atoms with Crippen LogP contribution in [0.25, 0.3) is 0 Å². The molecule has 0 bridgehead atoms. The molecule has 96 valence electrons. The molecule has 0 radical (unpaired) electrons. The Bertz CT molecular complexity index is 467. The van der Waals surface area contributed by atoms with Crippen LogP contribution >= 0.6 is 0 Å². The fraction of sp³-hybridized carbons (Fsp3) is 0.538. The van der Waals surface area contributed by atoms with Gasteiger partial charge in [0.15, 0.2) is 0 Å². The normalized spacial score (nSPS) is 19.4. The molecule has 1 fully saturated rings. The van der Waals surface area contributed by atoms with Crippen LogP contribution in [0.5, 0.6) is 0 Å². The molecule has 1 atom stereocenters. The minimum Gasteiger partial charge on any atom is -0.333 e. The van der Waals surface area contributed by atoms with Gasteiger partial charge in [-0.3, -0.25) is 4.68 Å². The molecule has 3 rings (SSSR count). The predicted octanol–water partition coefficient (Wildman–Crippen LogP) is 1.59. The summed E-state index contributed by atoms with van der Waals surface area (Å²) in [6.07, 6.45) is 11.3. The van der Waals surface area contributed by atoms with Gasteiger partial charge in [0.05, 0.1) is 12.0 Å². The second-order valence-corrected chi connectivity index (χ2v) is 4.78. The summed E-state index contributed by atoms with van der Waals surface area (Å²) in [6, 6.07) is 2.46. The minimum atomic E-state index is 0.497. The number of aromatic nitrogens is 4. The van der Waals surface area contributed by atoms with E-state index in [1.54, 1.807) is 0 Å². The van der Waals surface area contributed by atoms with E-state index in [0.717, 1.165) is 26.1 Å². The largest absolute Gasteiger partial charge is 0.333 e. The number of imidazole rings is 1. The van der Waals surface area contributed by atoms with E-state index in [2.05, 4.69) is 20.0 Å². The SMILES string of the molecule is c1cnn(CCCn2cncc2C2CCCN2)c1. The lowest BCUT2D eigenvalue weighted by molar-refractivity contribution is 0.499. The van der Waals surface area contributed by atoms with Gasteiger partial charge in [0.25, 0.3) is 0 Å². The van der Waals surface area contributed by atoms with Crippen LogP contribution in [-0.4, -0.2) is 25.9 Å². The van der Waals surface area contributed by atoms with Gasteiger partial charge < -0.3 is 9.88 Å². The van der Waals surface area contributed by atoms with Gasteiger partial charge in [-0.25, -0.2) is 4.98 Å². The van der Waals surface area contributed by atoms with E-state index < -0.39 is 0 Å². The Morgan fingerprint density at radius 2 is 2.39 bits per heavy atom. The first kappa shape index (κ1) is 11.5. The Balaban J connectivity index is 1.57. The van der Waals surface area contributed by atoms with Crippen molar-refractivity contribution in [2.24, 2.45) is 0 Å². The van der Waals surface area contributed by atoms with Crippen molar-refractivity contribution in [2.45, 2.75) is 38.4 Å². The molecular weight excluding hydrogens is 226 g/mol. The maximum atomic E-state index is 4.28. The molecule has 18 heavy (non-hydrogen) atoms. The number of nitrogens with zero attached hydrogens (tertiary/aromatic N) is 4. The van der Waals surface area contributed by atoms with Crippen molar-refractivity contribution in [2.75, 3.05) is 6.54 Å². The van der Waals surface area contributed by atoms with Crippen LogP contribution in [0, 0.1) is 0 Å². The van der Waals surface area contributed by atoms with E-state index in [4.69, 9.17) is 0 Å². The Morgan fingerprint density at radius 1 is 1.39 bits per heavy atom. The lowest BCUT2D eigenvalue weighted by Gasteiger charge is -2.13. The quantitative estimate of drug-likeness (QED) is 0.870. The predicted molar refractivity (Wildman–Crippen MR) is 69.0 cm³/mol. The lowest BCUT2D eigenvalue weighted by Crippen LogP contribution is -2.17. The van der Waals surface area contributed by atoms with Crippen LogP contribution in [0.15, 0.2) is 31.0 Å². The fourth-order valence-electron chi connectivity index (χ4n) is 2.58. The first-order valence-corrected chi connectivity index (χ1v) is 6.64. The van der Waals surface area contributed by atoms with Gasteiger partial charge in [0.2, 0.25) is 0 Å². The number of rotatable bonds is 5. The summed E-state index contributed by atoms with van der Waals surface area (Å²) in [5, 5.41) is 7.74. The van der Waals surface area contributed by atoms with Gasteiger partial charge in [-0.15, -0.1) is 0 Å². The highest BCUT2D eigenvalue weighted by atomic mass is 15.3. The molecule has 5 nitrogen and oxygen atoms in total. The zero-order valence-electron chi connectivity index (χ0n) is 10.5. The van der Waals surface area contributed by atoms with Crippen molar-refractivity contribution >= 4 is 0 Å². The average Bonchev–Trinajstić information content (AvgIpc) is 3.12. The van der Waals surface area contributed by atoms with Gasteiger partial charge in [0.1, 0.15) is 0 Å². The Labute approximate surface area is 107 Å². The summed E-state index contributed by atoms with van der Waals surface area (Å²) in [5.74, 6) is 0.